The van der Waals surface area contributed by atoms with E-state index >= 15 is 0 Å². The van der Waals surface area contributed by atoms with Crippen molar-refractivity contribution in [3.05, 3.63) is 23.8 Å². The van der Waals surface area contributed by atoms with Crippen LogP contribution in [0.2, 0.25) is 0 Å². The summed E-state index contributed by atoms with van der Waals surface area (Å²) in [4.78, 5) is 11.8. The molecule has 1 fully saturated rings. The maximum Gasteiger partial charge on any atom is 0.258 e. The van der Waals surface area contributed by atoms with E-state index in [0.717, 1.165) is 24.2 Å². The topological polar surface area (TPSA) is 73.6 Å². The van der Waals surface area contributed by atoms with Gasteiger partial charge in [-0.15, -0.1) is 0 Å². The Morgan fingerprint density at radius 1 is 1.40 bits per heavy atom. The van der Waals surface area contributed by atoms with E-state index in [9.17, 15) is 4.79 Å². The summed E-state index contributed by atoms with van der Waals surface area (Å²) >= 11 is 0. The van der Waals surface area contributed by atoms with E-state index in [1.807, 2.05) is 12.1 Å². The summed E-state index contributed by atoms with van der Waals surface area (Å²) in [6, 6.07) is 5.79. The van der Waals surface area contributed by atoms with Crippen LogP contribution in [0.25, 0.3) is 0 Å². The number of fused-ring (bicyclic) bond motifs is 1. The fourth-order valence-electron chi connectivity index (χ4n) is 2.79. The smallest absolute Gasteiger partial charge is 0.258 e. The van der Waals surface area contributed by atoms with Gasteiger partial charge >= 0.3 is 0 Å². The molecule has 1 aromatic carbocycles. The monoisotopic (exact) mass is 276 g/mol. The third-order valence-electron chi connectivity index (χ3n) is 3.89. The molecule has 1 aliphatic heterocycles. The van der Waals surface area contributed by atoms with Crippen LogP contribution in [-0.2, 0) is 4.79 Å². The minimum Gasteiger partial charge on any atom is -0.491 e. The van der Waals surface area contributed by atoms with Crippen molar-refractivity contribution >= 4 is 5.91 Å². The Morgan fingerprint density at radius 2 is 2.20 bits per heavy atom. The van der Waals surface area contributed by atoms with Gasteiger partial charge in [-0.1, -0.05) is 12.8 Å². The summed E-state index contributed by atoms with van der Waals surface area (Å²) in [5, 5.41) is 2.99. The molecule has 3 rings (SSSR count). The van der Waals surface area contributed by atoms with Crippen LogP contribution in [0.1, 0.15) is 37.3 Å². The molecule has 0 saturated heterocycles. The molecule has 1 amide bonds. The lowest BCUT2D eigenvalue weighted by Crippen LogP contribution is -2.36. The van der Waals surface area contributed by atoms with Crippen LogP contribution in [-0.4, -0.2) is 25.2 Å². The first-order valence-corrected chi connectivity index (χ1v) is 7.17. The Balaban J connectivity index is 1.52. The number of nitrogens with two attached hydrogens (primary N) is 1. The molecule has 1 heterocycles. The van der Waals surface area contributed by atoms with Gasteiger partial charge in [-0.05, 0) is 25.0 Å². The van der Waals surface area contributed by atoms with Gasteiger partial charge in [0, 0.05) is 17.7 Å². The minimum absolute atomic E-state index is 0.0430. The van der Waals surface area contributed by atoms with Gasteiger partial charge in [-0.25, -0.2) is 0 Å². The molecule has 0 bridgehead atoms. The number of nitrogens with one attached hydrogen (secondary N) is 1. The molecule has 0 spiro atoms. The number of ether oxygens (including phenoxy) is 2. The van der Waals surface area contributed by atoms with Gasteiger partial charge in [0.2, 0.25) is 0 Å². The van der Waals surface area contributed by atoms with Crippen molar-refractivity contribution < 1.29 is 14.3 Å². The van der Waals surface area contributed by atoms with Crippen LogP contribution in [0.15, 0.2) is 18.2 Å². The number of benzene rings is 1. The van der Waals surface area contributed by atoms with Crippen LogP contribution in [0.4, 0.5) is 0 Å². The van der Waals surface area contributed by atoms with Gasteiger partial charge in [0.25, 0.3) is 5.91 Å². The van der Waals surface area contributed by atoms with Gasteiger partial charge in [0.05, 0.1) is 6.04 Å². The molecule has 5 heteroatoms. The van der Waals surface area contributed by atoms with Crippen molar-refractivity contribution in [2.24, 2.45) is 5.73 Å². The Kier molecular flexibility index (Phi) is 3.78. The quantitative estimate of drug-likeness (QED) is 0.874. The molecule has 20 heavy (non-hydrogen) atoms. The molecule has 1 saturated carbocycles. The molecule has 1 aromatic rings. The maximum absolute atomic E-state index is 11.8. The predicted molar refractivity (Wildman–Crippen MR) is 74.8 cm³/mol. The second-order valence-electron chi connectivity index (χ2n) is 5.45. The number of hydrogen-bond acceptors (Lipinski definition) is 4. The third-order valence-corrected chi connectivity index (χ3v) is 3.89. The molecule has 0 aromatic heterocycles. The summed E-state index contributed by atoms with van der Waals surface area (Å²) in [5.41, 5.74) is 6.87. The Morgan fingerprint density at radius 3 is 3.00 bits per heavy atom. The average molecular weight is 276 g/mol. The molecule has 1 aliphatic carbocycles. The number of amides is 1. The molecule has 1 unspecified atom stereocenters. The van der Waals surface area contributed by atoms with Crippen LogP contribution in [0.5, 0.6) is 11.5 Å². The third kappa shape index (κ3) is 2.88. The van der Waals surface area contributed by atoms with Crippen molar-refractivity contribution in [1.29, 1.82) is 0 Å². The second kappa shape index (κ2) is 5.71. The van der Waals surface area contributed by atoms with Crippen molar-refractivity contribution in [2.45, 2.75) is 37.8 Å². The van der Waals surface area contributed by atoms with Gasteiger partial charge < -0.3 is 20.5 Å². The number of carbonyl (C=O) groups is 1. The van der Waals surface area contributed by atoms with E-state index in [1.54, 1.807) is 6.07 Å². The molecule has 3 N–H and O–H groups in total. The van der Waals surface area contributed by atoms with E-state index in [4.69, 9.17) is 15.2 Å². The molecule has 2 aliphatic rings. The second-order valence-corrected chi connectivity index (χ2v) is 5.45. The standard InChI is InChI=1S/C15H20N2O3/c16-13-8-20-14-7-11(5-6-12(13)14)19-9-15(18)17-10-3-1-2-4-10/h5-7,10,13H,1-4,8-9,16H2,(H,17,18). The molecule has 108 valence electrons. The fraction of sp³-hybridized carbons (Fsp3) is 0.533. The van der Waals surface area contributed by atoms with Crippen molar-refractivity contribution in [3.63, 3.8) is 0 Å². The van der Waals surface area contributed by atoms with Crippen LogP contribution >= 0.6 is 0 Å². The zero-order valence-corrected chi connectivity index (χ0v) is 11.4. The highest BCUT2D eigenvalue weighted by Gasteiger charge is 2.21. The van der Waals surface area contributed by atoms with Crippen molar-refractivity contribution in [1.82, 2.24) is 5.32 Å². The van der Waals surface area contributed by atoms with Gasteiger partial charge in [0.15, 0.2) is 6.61 Å². The van der Waals surface area contributed by atoms with E-state index in [-0.39, 0.29) is 18.6 Å². The number of carbonyl (C=O) groups excluding carboxylic acids is 1. The highest BCUT2D eigenvalue weighted by atomic mass is 16.5. The van der Waals surface area contributed by atoms with E-state index in [0.29, 0.717) is 18.4 Å². The molecule has 1 atom stereocenters. The molecular weight excluding hydrogens is 256 g/mol. The first-order chi connectivity index (χ1) is 9.72. The summed E-state index contributed by atoms with van der Waals surface area (Å²) in [6.45, 7) is 0.544. The summed E-state index contributed by atoms with van der Waals surface area (Å²) < 4.78 is 11.0. The molecule has 0 radical (unpaired) electrons. The average Bonchev–Trinajstić information content (AvgIpc) is 3.07. The van der Waals surface area contributed by atoms with Gasteiger partial charge in [-0.2, -0.15) is 0 Å². The molecule has 5 nitrogen and oxygen atoms in total. The molecular formula is C15H20N2O3. The lowest BCUT2D eigenvalue weighted by molar-refractivity contribution is -0.123. The van der Waals surface area contributed by atoms with Crippen molar-refractivity contribution in [2.75, 3.05) is 13.2 Å². The fourth-order valence-corrected chi connectivity index (χ4v) is 2.79. The number of rotatable bonds is 4. The van der Waals surface area contributed by atoms with E-state index in [1.165, 1.54) is 12.8 Å². The zero-order valence-electron chi connectivity index (χ0n) is 11.4. The first-order valence-electron chi connectivity index (χ1n) is 7.17. The maximum atomic E-state index is 11.8. The van der Waals surface area contributed by atoms with Crippen LogP contribution in [0, 0.1) is 0 Å². The SMILES string of the molecule is NC1COc2cc(OCC(=O)NC3CCCC3)ccc21. The van der Waals surface area contributed by atoms with E-state index in [2.05, 4.69) is 5.32 Å². The normalized spacial score (nSPS) is 21.4. The van der Waals surface area contributed by atoms with E-state index < -0.39 is 0 Å². The van der Waals surface area contributed by atoms with Crippen LogP contribution in [0.3, 0.4) is 0 Å². The highest BCUT2D eigenvalue weighted by molar-refractivity contribution is 5.77. The lowest BCUT2D eigenvalue weighted by Gasteiger charge is -2.12. The minimum atomic E-state index is -0.0651. The largest absolute Gasteiger partial charge is 0.491 e. The Hall–Kier alpha value is -1.75. The summed E-state index contributed by atoms with van der Waals surface area (Å²) in [5.74, 6) is 1.33. The first kappa shape index (κ1) is 13.2. The Bertz CT molecular complexity index is 498. The van der Waals surface area contributed by atoms with Gasteiger partial charge in [0.1, 0.15) is 18.1 Å². The number of hydrogen-bond donors (Lipinski definition) is 2. The predicted octanol–water partition coefficient (Wildman–Crippen LogP) is 1.52. The highest BCUT2D eigenvalue weighted by Crippen LogP contribution is 2.33. The zero-order chi connectivity index (χ0) is 13.9. The summed E-state index contributed by atoms with van der Waals surface area (Å²) in [7, 11) is 0. The summed E-state index contributed by atoms with van der Waals surface area (Å²) in [6.07, 6.45) is 4.56. The van der Waals surface area contributed by atoms with Crippen molar-refractivity contribution in [3.8, 4) is 11.5 Å². The van der Waals surface area contributed by atoms with Crippen LogP contribution < -0.4 is 20.5 Å². The Labute approximate surface area is 118 Å². The lowest BCUT2D eigenvalue weighted by atomic mass is 10.1. The van der Waals surface area contributed by atoms with Gasteiger partial charge in [-0.3, -0.25) is 4.79 Å².